The Kier molecular flexibility index (Phi) is 6.59. The smallest absolute Gasteiger partial charge is 1.00 e. The monoisotopic (exact) mass is 156 g/mol. The van der Waals surface area contributed by atoms with Crippen LogP contribution in [0.3, 0.4) is 0 Å². The van der Waals surface area contributed by atoms with Gasteiger partial charge in [0, 0.05) is 0 Å². The molecular formula is C9H21Al. The van der Waals surface area contributed by atoms with Crippen LogP contribution < -0.4 is 0 Å². The van der Waals surface area contributed by atoms with E-state index in [1.54, 1.807) is 0 Å². The normalized spacial score (nSPS) is 16.9. The molecule has 60 valence electrons. The summed E-state index contributed by atoms with van der Waals surface area (Å²) in [4.78, 5) is 0. The first-order valence-electron chi connectivity index (χ1n) is 4.40. The van der Waals surface area contributed by atoms with Gasteiger partial charge in [0.1, 0.15) is 0 Å². The van der Waals surface area contributed by atoms with Crippen LogP contribution in [0.15, 0.2) is 0 Å². The average Bonchev–Trinajstić information content (AvgIpc) is 1.88. The first-order chi connectivity index (χ1) is 4.70. The predicted octanol–water partition coefficient (Wildman–Crippen LogP) is 3.26. The molecule has 0 amide bonds. The summed E-state index contributed by atoms with van der Waals surface area (Å²) in [6.45, 7) is 6.96. The summed E-state index contributed by atoms with van der Waals surface area (Å²) in [7, 11) is 0. The first-order valence-corrected chi connectivity index (χ1v) is 5.22. The van der Waals surface area contributed by atoms with Gasteiger partial charge in [-0.2, -0.15) is 0 Å². The Balaban J connectivity index is -0.000000405. The van der Waals surface area contributed by atoms with Gasteiger partial charge in [-0.3, -0.25) is 0 Å². The topological polar surface area (TPSA) is 0 Å². The fraction of sp³-hybridized carbons (Fsp3) is 1.00. The Hall–Kier alpha value is 0.532. The Morgan fingerprint density at radius 1 is 1.30 bits per heavy atom. The molecular weight excluding hydrogens is 135 g/mol. The minimum Gasteiger partial charge on any atom is -1.00 e. The van der Waals surface area contributed by atoms with E-state index in [1.807, 2.05) is 0 Å². The van der Waals surface area contributed by atoms with Crippen molar-refractivity contribution < 1.29 is 2.85 Å². The molecule has 0 aliphatic heterocycles. The van der Waals surface area contributed by atoms with Crippen molar-refractivity contribution in [2.24, 2.45) is 11.8 Å². The largest absolute Gasteiger partial charge is 1.00 e. The van der Waals surface area contributed by atoms with E-state index < -0.39 is 0 Å². The van der Waals surface area contributed by atoms with Gasteiger partial charge < -0.3 is 2.85 Å². The van der Waals surface area contributed by atoms with E-state index in [0.717, 1.165) is 11.8 Å². The SMILES string of the molecule is CCCC(C)CC(C)[CH2][Al+2].[H-].[H-]. The van der Waals surface area contributed by atoms with Crippen molar-refractivity contribution in [3.63, 3.8) is 0 Å². The molecule has 0 N–H and O–H groups in total. The zero-order valence-corrected chi connectivity index (χ0v) is 8.72. The molecule has 0 rings (SSSR count). The maximum absolute atomic E-state index is 2.82. The van der Waals surface area contributed by atoms with E-state index in [0.29, 0.717) is 0 Å². The molecule has 0 fully saturated rings. The van der Waals surface area contributed by atoms with Gasteiger partial charge in [0.05, 0.1) is 0 Å². The van der Waals surface area contributed by atoms with Crippen molar-refractivity contribution >= 4 is 16.3 Å². The summed E-state index contributed by atoms with van der Waals surface area (Å²) >= 11 is 2.82. The molecule has 1 heteroatoms. The van der Waals surface area contributed by atoms with E-state index in [2.05, 4.69) is 37.1 Å². The number of rotatable bonds is 5. The van der Waals surface area contributed by atoms with Gasteiger partial charge in [-0.1, -0.05) is 0 Å². The summed E-state index contributed by atoms with van der Waals surface area (Å²) in [5, 5.41) is 1.26. The van der Waals surface area contributed by atoms with Crippen molar-refractivity contribution in [2.45, 2.75) is 45.3 Å². The van der Waals surface area contributed by atoms with Crippen LogP contribution in [-0.4, -0.2) is 16.3 Å². The molecule has 0 saturated carbocycles. The summed E-state index contributed by atoms with van der Waals surface area (Å²) in [5.74, 6) is 1.83. The van der Waals surface area contributed by atoms with Crippen LogP contribution in [0.1, 0.15) is 42.9 Å². The zero-order chi connectivity index (χ0) is 7.98. The average molecular weight is 156 g/mol. The van der Waals surface area contributed by atoms with E-state index in [9.17, 15) is 0 Å². The van der Waals surface area contributed by atoms with Crippen molar-refractivity contribution in [3.8, 4) is 0 Å². The number of hydrogen-bond acceptors (Lipinski definition) is 0. The molecule has 2 atom stereocenters. The van der Waals surface area contributed by atoms with Gasteiger partial charge >= 0.3 is 73.4 Å². The second kappa shape index (κ2) is 6.26. The molecule has 0 aliphatic rings. The standard InChI is InChI=1S/C9H19.Al.2H/c1-5-6-9(4)7-8(2)3;;;/h8-9H,2,5-7H2,1,3-4H3;;;/q;+2;2*-1. The van der Waals surface area contributed by atoms with Gasteiger partial charge in [-0.15, -0.1) is 0 Å². The van der Waals surface area contributed by atoms with E-state index in [-0.39, 0.29) is 2.85 Å². The molecule has 0 saturated heterocycles. The molecule has 0 radical (unpaired) electrons. The van der Waals surface area contributed by atoms with Gasteiger partial charge in [0.25, 0.3) is 0 Å². The predicted molar refractivity (Wildman–Crippen MR) is 50.6 cm³/mol. The van der Waals surface area contributed by atoms with Crippen LogP contribution in [0.4, 0.5) is 0 Å². The Morgan fingerprint density at radius 3 is 2.30 bits per heavy atom. The first kappa shape index (κ1) is 10.5. The van der Waals surface area contributed by atoms with Crippen molar-refractivity contribution in [1.82, 2.24) is 0 Å². The van der Waals surface area contributed by atoms with E-state index >= 15 is 0 Å². The fourth-order valence-electron chi connectivity index (χ4n) is 1.39. The minimum atomic E-state index is 0. The van der Waals surface area contributed by atoms with Crippen LogP contribution in [0.2, 0.25) is 5.28 Å². The maximum Gasteiger partial charge on any atom is -1.00 e. The van der Waals surface area contributed by atoms with E-state index in [1.165, 1.54) is 24.5 Å². The molecule has 10 heavy (non-hydrogen) atoms. The maximum atomic E-state index is 2.82. The molecule has 0 heterocycles. The fourth-order valence-corrected chi connectivity index (χ4v) is 1.59. The van der Waals surface area contributed by atoms with Crippen LogP contribution >= 0.6 is 0 Å². The molecule has 2 unspecified atom stereocenters. The Bertz CT molecular complexity index is 78.9. The van der Waals surface area contributed by atoms with Gasteiger partial charge in [-0.05, 0) is 0 Å². The molecule has 0 aromatic rings. The Morgan fingerprint density at radius 2 is 1.90 bits per heavy atom. The summed E-state index contributed by atoms with van der Waals surface area (Å²) in [6.07, 6.45) is 4.14. The zero-order valence-electron chi connectivity index (χ0n) is 9.56. The van der Waals surface area contributed by atoms with E-state index in [4.69, 9.17) is 0 Å². The second-order valence-electron chi connectivity index (χ2n) is 3.47. The van der Waals surface area contributed by atoms with Crippen molar-refractivity contribution in [1.29, 1.82) is 0 Å². The van der Waals surface area contributed by atoms with Crippen LogP contribution in [-0.2, 0) is 0 Å². The molecule has 0 aromatic carbocycles. The molecule has 0 aromatic heterocycles. The second-order valence-corrected chi connectivity index (χ2v) is 3.94. The summed E-state index contributed by atoms with van der Waals surface area (Å²) in [5.41, 5.74) is 0. The third-order valence-electron chi connectivity index (χ3n) is 1.99. The minimum absolute atomic E-state index is 0. The quantitative estimate of drug-likeness (QED) is 0.536. The van der Waals surface area contributed by atoms with Crippen LogP contribution in [0, 0.1) is 11.8 Å². The molecule has 0 spiro atoms. The van der Waals surface area contributed by atoms with Crippen LogP contribution in [0.25, 0.3) is 0 Å². The number of hydrogen-bond donors (Lipinski definition) is 0. The molecule has 0 aliphatic carbocycles. The molecule has 0 nitrogen and oxygen atoms in total. The molecule has 0 bridgehead atoms. The van der Waals surface area contributed by atoms with Gasteiger partial charge in [0.2, 0.25) is 0 Å². The van der Waals surface area contributed by atoms with Crippen molar-refractivity contribution in [3.05, 3.63) is 0 Å². The summed E-state index contributed by atoms with van der Waals surface area (Å²) < 4.78 is 0. The van der Waals surface area contributed by atoms with Gasteiger partial charge in [0.15, 0.2) is 0 Å². The van der Waals surface area contributed by atoms with Crippen molar-refractivity contribution in [2.75, 3.05) is 0 Å². The van der Waals surface area contributed by atoms with Crippen LogP contribution in [0.5, 0.6) is 0 Å². The summed E-state index contributed by atoms with van der Waals surface area (Å²) in [6, 6.07) is 0. The Labute approximate surface area is 76.8 Å². The third kappa shape index (κ3) is 5.33. The third-order valence-corrected chi connectivity index (χ3v) is 2.79. The van der Waals surface area contributed by atoms with Gasteiger partial charge in [-0.25, -0.2) is 0 Å².